The van der Waals surface area contributed by atoms with Gasteiger partial charge in [-0.1, -0.05) is 30.2 Å². The van der Waals surface area contributed by atoms with Gasteiger partial charge in [-0.2, -0.15) is 0 Å². The zero-order valence-electron chi connectivity index (χ0n) is 7.27. The molecule has 1 saturated carbocycles. The average molecular weight is 148 g/mol. The van der Waals surface area contributed by atoms with Crippen LogP contribution in [-0.4, -0.2) is 0 Å². The van der Waals surface area contributed by atoms with E-state index in [0.29, 0.717) is 0 Å². The Labute approximate surface area is 69.0 Å². The Kier molecular flexibility index (Phi) is 1.85. The first-order valence-corrected chi connectivity index (χ1v) is 4.75. The summed E-state index contributed by atoms with van der Waals surface area (Å²) in [4.78, 5) is 0. The Hall–Kier alpha value is -0.520. The number of hydrogen-bond donors (Lipinski definition) is 0. The molecule has 0 radical (unpaired) electrons. The Morgan fingerprint density at radius 1 is 1.18 bits per heavy atom. The highest BCUT2D eigenvalue weighted by atomic mass is 14.2. The molecule has 0 saturated heterocycles. The van der Waals surface area contributed by atoms with Gasteiger partial charge in [0.05, 0.1) is 0 Å². The van der Waals surface area contributed by atoms with Gasteiger partial charge in [-0.3, -0.25) is 0 Å². The minimum atomic E-state index is 0.855. The Morgan fingerprint density at radius 3 is 2.82 bits per heavy atom. The van der Waals surface area contributed by atoms with Gasteiger partial charge in [0.25, 0.3) is 0 Å². The highest BCUT2D eigenvalue weighted by Gasteiger charge is 2.15. The molecule has 60 valence electrons. The molecule has 0 spiro atoms. The van der Waals surface area contributed by atoms with Gasteiger partial charge in [0.2, 0.25) is 0 Å². The Bertz CT molecular complexity index is 208. The lowest BCUT2D eigenvalue weighted by atomic mass is 9.82. The summed E-state index contributed by atoms with van der Waals surface area (Å²) in [5.74, 6) is 0.855. The van der Waals surface area contributed by atoms with Gasteiger partial charge < -0.3 is 0 Å². The molecule has 0 aromatic heterocycles. The van der Waals surface area contributed by atoms with Crippen LogP contribution in [0, 0.1) is 5.92 Å². The molecular weight excluding hydrogens is 132 g/mol. The number of hydrogen-bond acceptors (Lipinski definition) is 0. The van der Waals surface area contributed by atoms with E-state index in [9.17, 15) is 0 Å². The van der Waals surface area contributed by atoms with Crippen LogP contribution in [0.2, 0.25) is 0 Å². The van der Waals surface area contributed by atoms with Gasteiger partial charge >= 0.3 is 0 Å². The lowest BCUT2D eigenvalue weighted by Crippen LogP contribution is -2.07. The van der Waals surface area contributed by atoms with Crippen molar-refractivity contribution < 1.29 is 0 Å². The van der Waals surface area contributed by atoms with Gasteiger partial charge in [-0.05, 0) is 38.0 Å². The summed E-state index contributed by atoms with van der Waals surface area (Å²) in [7, 11) is 0. The molecule has 0 heteroatoms. The fraction of sp³-hybridized carbons (Fsp3) is 0.636. The molecule has 1 atom stereocenters. The van der Waals surface area contributed by atoms with E-state index in [2.05, 4.69) is 19.1 Å². The van der Waals surface area contributed by atoms with Crippen molar-refractivity contribution in [3.63, 3.8) is 0 Å². The summed E-state index contributed by atoms with van der Waals surface area (Å²) in [6.07, 6.45) is 11.6. The van der Waals surface area contributed by atoms with Crippen LogP contribution in [0.3, 0.4) is 0 Å². The van der Waals surface area contributed by atoms with Crippen LogP contribution in [0.4, 0.5) is 0 Å². The quantitative estimate of drug-likeness (QED) is 0.493. The summed E-state index contributed by atoms with van der Waals surface area (Å²) in [6, 6.07) is 0. The summed E-state index contributed by atoms with van der Waals surface area (Å²) in [5, 5.41) is 0. The van der Waals surface area contributed by atoms with Gasteiger partial charge in [-0.25, -0.2) is 0 Å². The molecule has 0 nitrogen and oxygen atoms in total. The van der Waals surface area contributed by atoms with Crippen molar-refractivity contribution in [1.29, 1.82) is 0 Å². The van der Waals surface area contributed by atoms with E-state index in [1.165, 1.54) is 32.1 Å². The van der Waals surface area contributed by atoms with E-state index >= 15 is 0 Å². The first kappa shape index (κ1) is 7.15. The van der Waals surface area contributed by atoms with Crippen LogP contribution in [0.5, 0.6) is 0 Å². The molecule has 3 aliphatic carbocycles. The number of fused-ring (bicyclic) bond motifs is 5. The smallest absolute Gasteiger partial charge is 0.0228 e. The lowest BCUT2D eigenvalue weighted by Gasteiger charge is -2.24. The van der Waals surface area contributed by atoms with Crippen LogP contribution in [0.25, 0.3) is 0 Å². The SMILES string of the molecule is CC1CCCC2=CC=C1CC2. The minimum absolute atomic E-state index is 0.855. The summed E-state index contributed by atoms with van der Waals surface area (Å²) in [5.41, 5.74) is 3.37. The Balaban J connectivity index is 2.24. The molecule has 0 aromatic rings. The summed E-state index contributed by atoms with van der Waals surface area (Å²) in [6.45, 7) is 2.37. The topological polar surface area (TPSA) is 0 Å². The molecule has 1 fully saturated rings. The van der Waals surface area contributed by atoms with Crippen molar-refractivity contribution in [2.75, 3.05) is 0 Å². The van der Waals surface area contributed by atoms with Gasteiger partial charge in [0.1, 0.15) is 0 Å². The van der Waals surface area contributed by atoms with Crippen molar-refractivity contribution in [3.05, 3.63) is 23.3 Å². The summed E-state index contributed by atoms with van der Waals surface area (Å²) >= 11 is 0. The molecular formula is C11H16. The van der Waals surface area contributed by atoms with Crippen molar-refractivity contribution in [2.24, 2.45) is 5.92 Å². The van der Waals surface area contributed by atoms with E-state index in [-0.39, 0.29) is 0 Å². The summed E-state index contributed by atoms with van der Waals surface area (Å²) < 4.78 is 0. The number of allylic oxidation sites excluding steroid dienone is 4. The van der Waals surface area contributed by atoms with Crippen LogP contribution in [0.15, 0.2) is 23.3 Å². The molecule has 1 unspecified atom stereocenters. The van der Waals surface area contributed by atoms with Crippen LogP contribution < -0.4 is 0 Å². The van der Waals surface area contributed by atoms with Crippen molar-refractivity contribution in [1.82, 2.24) is 0 Å². The highest BCUT2D eigenvalue weighted by molar-refractivity contribution is 5.26. The maximum Gasteiger partial charge on any atom is -0.0228 e. The molecule has 0 aromatic carbocycles. The molecule has 2 bridgehead atoms. The third-order valence-corrected chi connectivity index (χ3v) is 3.04. The maximum absolute atomic E-state index is 2.37. The first-order chi connectivity index (χ1) is 5.36. The van der Waals surface area contributed by atoms with Gasteiger partial charge in [0, 0.05) is 0 Å². The van der Waals surface area contributed by atoms with Crippen molar-refractivity contribution >= 4 is 0 Å². The van der Waals surface area contributed by atoms with Crippen LogP contribution in [-0.2, 0) is 0 Å². The normalized spacial score (nSPS) is 30.5. The van der Waals surface area contributed by atoms with E-state index in [4.69, 9.17) is 0 Å². The molecule has 0 heterocycles. The third-order valence-electron chi connectivity index (χ3n) is 3.04. The van der Waals surface area contributed by atoms with E-state index in [1.54, 1.807) is 11.1 Å². The predicted octanol–water partition coefficient (Wildman–Crippen LogP) is 3.45. The number of rotatable bonds is 0. The zero-order valence-corrected chi connectivity index (χ0v) is 7.27. The minimum Gasteiger partial charge on any atom is -0.0699 e. The average Bonchev–Trinajstić information content (AvgIpc) is 2.01. The highest BCUT2D eigenvalue weighted by Crippen LogP contribution is 2.32. The molecule has 0 amide bonds. The second-order valence-electron chi connectivity index (χ2n) is 3.86. The van der Waals surface area contributed by atoms with Crippen LogP contribution >= 0.6 is 0 Å². The predicted molar refractivity (Wildman–Crippen MR) is 48.4 cm³/mol. The Morgan fingerprint density at radius 2 is 2.09 bits per heavy atom. The zero-order chi connectivity index (χ0) is 7.68. The standard InChI is InChI=1S/C11H16/c1-9-3-2-4-10-5-7-11(9)8-6-10/h5,7,9H,2-4,6,8H2,1H3. The maximum atomic E-state index is 2.37. The van der Waals surface area contributed by atoms with Crippen molar-refractivity contribution in [3.8, 4) is 0 Å². The molecule has 11 heavy (non-hydrogen) atoms. The molecule has 0 N–H and O–H groups in total. The van der Waals surface area contributed by atoms with Gasteiger partial charge in [0.15, 0.2) is 0 Å². The van der Waals surface area contributed by atoms with E-state index in [0.717, 1.165) is 5.92 Å². The molecule has 3 rings (SSSR count). The van der Waals surface area contributed by atoms with E-state index < -0.39 is 0 Å². The van der Waals surface area contributed by atoms with E-state index in [1.807, 2.05) is 0 Å². The first-order valence-electron chi connectivity index (χ1n) is 4.75. The fourth-order valence-corrected chi connectivity index (χ4v) is 2.14. The fourth-order valence-electron chi connectivity index (χ4n) is 2.14. The largest absolute Gasteiger partial charge is 0.0699 e. The lowest BCUT2D eigenvalue weighted by molar-refractivity contribution is 0.525. The van der Waals surface area contributed by atoms with Gasteiger partial charge in [-0.15, -0.1) is 0 Å². The monoisotopic (exact) mass is 148 g/mol. The molecule has 3 aliphatic rings. The van der Waals surface area contributed by atoms with Crippen molar-refractivity contribution in [2.45, 2.75) is 39.0 Å². The molecule has 0 aliphatic heterocycles. The second kappa shape index (κ2) is 2.84. The second-order valence-corrected chi connectivity index (χ2v) is 3.86. The van der Waals surface area contributed by atoms with Crippen LogP contribution in [0.1, 0.15) is 39.0 Å². The third kappa shape index (κ3) is 1.40.